The van der Waals surface area contributed by atoms with Gasteiger partial charge in [-0.2, -0.15) is 4.98 Å². The van der Waals surface area contributed by atoms with Crippen molar-refractivity contribution in [1.82, 2.24) is 9.97 Å². The average Bonchev–Trinajstić information content (AvgIpc) is 2.58. The van der Waals surface area contributed by atoms with Crippen molar-refractivity contribution in [3.05, 3.63) is 41.1 Å². The largest absolute Gasteiger partial charge is 0.340 e. The lowest BCUT2D eigenvalue weighted by Gasteiger charge is -2.35. The molecule has 1 aromatic heterocycles. The van der Waals surface area contributed by atoms with Crippen molar-refractivity contribution in [2.24, 2.45) is 0 Å². The van der Waals surface area contributed by atoms with E-state index < -0.39 is 0 Å². The molecular weight excluding hydrogens is 296 g/mol. The average molecular weight is 324 g/mol. The van der Waals surface area contributed by atoms with Crippen LogP contribution < -0.4 is 10.2 Å². The van der Waals surface area contributed by atoms with Crippen molar-refractivity contribution < 1.29 is 0 Å². The number of hydrogen-bond donors (Lipinski definition) is 1. The molecule has 1 fully saturated rings. The normalized spacial score (nSPS) is 17.8. The standard InChI is InChI=1S/C20H28N4/c1-5-17-10-6-7-12-24(17)20-21-15(3)13-19(23-20)22-18-11-8-9-14(2)16(18)4/h8-9,11,13,17H,5-7,10,12H2,1-4H3,(H,21,22,23). The molecule has 1 saturated heterocycles. The van der Waals surface area contributed by atoms with Crippen LogP contribution in [0.15, 0.2) is 24.3 Å². The second kappa shape index (κ2) is 7.20. The number of aromatic nitrogens is 2. The molecule has 2 aromatic rings. The summed E-state index contributed by atoms with van der Waals surface area (Å²) in [5, 5.41) is 3.49. The zero-order valence-corrected chi connectivity index (χ0v) is 15.3. The summed E-state index contributed by atoms with van der Waals surface area (Å²) >= 11 is 0. The van der Waals surface area contributed by atoms with Crippen LogP contribution in [0.3, 0.4) is 0 Å². The minimum atomic E-state index is 0.564. The lowest BCUT2D eigenvalue weighted by atomic mass is 10.0. The molecule has 4 nitrogen and oxygen atoms in total. The van der Waals surface area contributed by atoms with E-state index in [0.29, 0.717) is 6.04 Å². The summed E-state index contributed by atoms with van der Waals surface area (Å²) in [6.07, 6.45) is 4.94. The number of anilines is 3. The van der Waals surface area contributed by atoms with E-state index >= 15 is 0 Å². The third-order valence-electron chi connectivity index (χ3n) is 5.07. The molecule has 0 spiro atoms. The molecule has 2 heterocycles. The van der Waals surface area contributed by atoms with Gasteiger partial charge in [-0.15, -0.1) is 0 Å². The van der Waals surface area contributed by atoms with Crippen LogP contribution in [0.2, 0.25) is 0 Å². The maximum absolute atomic E-state index is 4.83. The lowest BCUT2D eigenvalue weighted by Crippen LogP contribution is -2.40. The van der Waals surface area contributed by atoms with E-state index in [-0.39, 0.29) is 0 Å². The molecule has 128 valence electrons. The smallest absolute Gasteiger partial charge is 0.227 e. The fourth-order valence-electron chi connectivity index (χ4n) is 3.46. The Balaban J connectivity index is 1.90. The predicted octanol–water partition coefficient (Wildman–Crippen LogP) is 4.91. The zero-order chi connectivity index (χ0) is 17.1. The predicted molar refractivity (Wildman–Crippen MR) is 101 cm³/mol. The molecule has 1 N–H and O–H groups in total. The van der Waals surface area contributed by atoms with Gasteiger partial charge in [-0.05, 0) is 63.6 Å². The summed E-state index contributed by atoms with van der Waals surface area (Å²) in [6.45, 7) is 9.64. The molecule has 0 bridgehead atoms. The van der Waals surface area contributed by atoms with Crippen molar-refractivity contribution in [3.63, 3.8) is 0 Å². The van der Waals surface area contributed by atoms with Crippen molar-refractivity contribution >= 4 is 17.5 Å². The summed E-state index contributed by atoms with van der Waals surface area (Å²) in [5.41, 5.74) is 4.67. The molecule has 0 saturated carbocycles. The fourth-order valence-corrected chi connectivity index (χ4v) is 3.46. The van der Waals surface area contributed by atoms with Gasteiger partial charge in [-0.1, -0.05) is 19.1 Å². The zero-order valence-electron chi connectivity index (χ0n) is 15.3. The number of hydrogen-bond acceptors (Lipinski definition) is 4. The van der Waals surface area contributed by atoms with Crippen molar-refractivity contribution in [3.8, 4) is 0 Å². The first-order valence-electron chi connectivity index (χ1n) is 9.04. The van der Waals surface area contributed by atoms with Crippen LogP contribution in [0.4, 0.5) is 17.5 Å². The van der Waals surface area contributed by atoms with E-state index in [9.17, 15) is 0 Å². The van der Waals surface area contributed by atoms with Crippen molar-refractivity contribution in [2.45, 2.75) is 59.4 Å². The van der Waals surface area contributed by atoms with Gasteiger partial charge in [0.25, 0.3) is 0 Å². The molecule has 3 rings (SSSR count). The van der Waals surface area contributed by atoms with E-state index in [4.69, 9.17) is 9.97 Å². The summed E-state index contributed by atoms with van der Waals surface area (Å²) in [4.78, 5) is 11.9. The monoisotopic (exact) mass is 324 g/mol. The summed E-state index contributed by atoms with van der Waals surface area (Å²) in [6, 6.07) is 8.91. The highest BCUT2D eigenvalue weighted by Crippen LogP contribution is 2.27. The molecular formula is C20H28N4. The molecule has 1 aromatic carbocycles. The van der Waals surface area contributed by atoms with Crippen LogP contribution in [0.25, 0.3) is 0 Å². The number of rotatable bonds is 4. The Morgan fingerprint density at radius 3 is 2.79 bits per heavy atom. The maximum atomic E-state index is 4.83. The molecule has 1 aliphatic heterocycles. The highest BCUT2D eigenvalue weighted by Gasteiger charge is 2.23. The minimum absolute atomic E-state index is 0.564. The van der Waals surface area contributed by atoms with Gasteiger partial charge in [0, 0.05) is 30.0 Å². The summed E-state index contributed by atoms with van der Waals surface area (Å²) in [5.74, 6) is 1.75. The molecule has 1 unspecified atom stereocenters. The SMILES string of the molecule is CCC1CCCCN1c1nc(C)cc(Nc2cccc(C)c2C)n1. The summed E-state index contributed by atoms with van der Waals surface area (Å²) < 4.78 is 0. The molecule has 0 aliphatic carbocycles. The highest BCUT2D eigenvalue weighted by atomic mass is 15.3. The Morgan fingerprint density at radius 1 is 1.17 bits per heavy atom. The molecule has 24 heavy (non-hydrogen) atoms. The Morgan fingerprint density at radius 2 is 2.00 bits per heavy atom. The Kier molecular flexibility index (Phi) is 5.03. The molecule has 1 atom stereocenters. The fraction of sp³-hybridized carbons (Fsp3) is 0.500. The van der Waals surface area contributed by atoms with E-state index in [1.54, 1.807) is 0 Å². The van der Waals surface area contributed by atoms with Crippen LogP contribution in [-0.4, -0.2) is 22.6 Å². The van der Waals surface area contributed by atoms with E-state index in [0.717, 1.165) is 36.1 Å². The van der Waals surface area contributed by atoms with Gasteiger partial charge in [-0.3, -0.25) is 0 Å². The van der Waals surface area contributed by atoms with Gasteiger partial charge in [-0.25, -0.2) is 4.98 Å². The number of benzene rings is 1. The van der Waals surface area contributed by atoms with Gasteiger partial charge >= 0.3 is 0 Å². The van der Waals surface area contributed by atoms with E-state index in [2.05, 4.69) is 49.2 Å². The Bertz CT molecular complexity index is 711. The maximum Gasteiger partial charge on any atom is 0.227 e. The lowest BCUT2D eigenvalue weighted by molar-refractivity contribution is 0.443. The van der Waals surface area contributed by atoms with Crippen molar-refractivity contribution in [2.75, 3.05) is 16.8 Å². The number of aryl methyl sites for hydroxylation is 2. The van der Waals surface area contributed by atoms with Gasteiger partial charge in [0.05, 0.1) is 0 Å². The van der Waals surface area contributed by atoms with Crippen molar-refractivity contribution in [1.29, 1.82) is 0 Å². The van der Waals surface area contributed by atoms with Gasteiger partial charge in [0.1, 0.15) is 5.82 Å². The number of nitrogens with zero attached hydrogens (tertiary/aromatic N) is 3. The number of piperidine rings is 1. The Labute approximate surface area is 145 Å². The molecule has 0 amide bonds. The van der Waals surface area contributed by atoms with Crippen LogP contribution in [-0.2, 0) is 0 Å². The van der Waals surface area contributed by atoms with Crippen LogP contribution in [0.1, 0.15) is 49.4 Å². The van der Waals surface area contributed by atoms with Crippen LogP contribution >= 0.6 is 0 Å². The first-order valence-corrected chi connectivity index (χ1v) is 9.04. The summed E-state index contributed by atoms with van der Waals surface area (Å²) in [7, 11) is 0. The minimum Gasteiger partial charge on any atom is -0.340 e. The van der Waals surface area contributed by atoms with Gasteiger partial charge in [0.15, 0.2) is 0 Å². The first-order chi connectivity index (χ1) is 11.6. The van der Waals surface area contributed by atoms with Crippen LogP contribution in [0, 0.1) is 20.8 Å². The third kappa shape index (κ3) is 3.53. The quantitative estimate of drug-likeness (QED) is 0.867. The second-order valence-corrected chi connectivity index (χ2v) is 6.82. The second-order valence-electron chi connectivity index (χ2n) is 6.82. The number of nitrogens with one attached hydrogen (secondary N) is 1. The van der Waals surface area contributed by atoms with E-state index in [1.807, 2.05) is 13.0 Å². The Hall–Kier alpha value is -2.10. The topological polar surface area (TPSA) is 41.1 Å². The third-order valence-corrected chi connectivity index (χ3v) is 5.07. The molecule has 0 radical (unpaired) electrons. The highest BCUT2D eigenvalue weighted by molar-refractivity contribution is 5.63. The molecule has 4 heteroatoms. The van der Waals surface area contributed by atoms with Gasteiger partial charge < -0.3 is 10.2 Å². The van der Waals surface area contributed by atoms with Gasteiger partial charge in [0.2, 0.25) is 5.95 Å². The van der Waals surface area contributed by atoms with E-state index in [1.165, 1.54) is 30.4 Å². The first kappa shape index (κ1) is 16.7. The molecule has 1 aliphatic rings. The van der Waals surface area contributed by atoms with Crippen LogP contribution in [0.5, 0.6) is 0 Å².